The number of pyridine rings is 1. The van der Waals surface area contributed by atoms with E-state index in [1.807, 2.05) is 55.4 Å². The van der Waals surface area contributed by atoms with Crippen LogP contribution >= 0.6 is 35.6 Å². The van der Waals surface area contributed by atoms with E-state index >= 15 is 0 Å². The zero-order valence-electron chi connectivity index (χ0n) is 17.2. The highest BCUT2D eigenvalue weighted by atomic mass is 127. The van der Waals surface area contributed by atoms with Crippen molar-refractivity contribution in [2.24, 2.45) is 4.99 Å². The van der Waals surface area contributed by atoms with Gasteiger partial charge in [-0.15, -0.1) is 24.0 Å². The Labute approximate surface area is 195 Å². The molecule has 2 N–H and O–H groups in total. The number of nitrogens with one attached hydrogen (secondary N) is 2. The summed E-state index contributed by atoms with van der Waals surface area (Å²) < 4.78 is 0. The molecule has 0 aliphatic carbocycles. The van der Waals surface area contributed by atoms with Crippen molar-refractivity contribution in [2.75, 3.05) is 44.0 Å². The number of para-hydroxylation sites is 1. The Kier molecular flexibility index (Phi) is 9.29. The summed E-state index contributed by atoms with van der Waals surface area (Å²) in [4.78, 5) is 13.4. The van der Waals surface area contributed by atoms with Gasteiger partial charge in [0.15, 0.2) is 5.96 Å². The second-order valence-corrected chi connectivity index (χ2v) is 7.60. The van der Waals surface area contributed by atoms with Crippen molar-refractivity contribution >= 4 is 53.0 Å². The Morgan fingerprint density at radius 1 is 1.24 bits per heavy atom. The Bertz CT molecular complexity index is 813. The van der Waals surface area contributed by atoms with E-state index < -0.39 is 0 Å². The lowest BCUT2D eigenvalue weighted by atomic mass is 10.0. The average Bonchev–Trinajstić information content (AvgIpc) is 2.72. The van der Waals surface area contributed by atoms with Crippen LogP contribution in [0.2, 0.25) is 5.02 Å². The van der Waals surface area contributed by atoms with Gasteiger partial charge in [-0.3, -0.25) is 4.99 Å². The normalized spacial score (nSPS) is 16.8. The number of nitrogens with zero attached hydrogens (tertiary/aromatic N) is 4. The third kappa shape index (κ3) is 6.64. The van der Waals surface area contributed by atoms with Crippen LogP contribution in [0, 0.1) is 0 Å². The maximum absolute atomic E-state index is 6.38. The van der Waals surface area contributed by atoms with Crippen LogP contribution in [0.5, 0.6) is 0 Å². The smallest absolute Gasteiger partial charge is 0.191 e. The molecule has 6 nitrogen and oxygen atoms in total. The van der Waals surface area contributed by atoms with Crippen LogP contribution in [0.1, 0.15) is 18.5 Å². The van der Waals surface area contributed by atoms with E-state index in [2.05, 4.69) is 31.6 Å². The van der Waals surface area contributed by atoms with Gasteiger partial charge in [0.25, 0.3) is 0 Å². The third-order valence-corrected chi connectivity index (χ3v) is 5.19. The second kappa shape index (κ2) is 11.4. The standard InChI is InChI=1S/C21H29ClN6.HI/c1-23-21(24-14-16-8-6-12-20(25-16)27(2)3)26-17-9-7-13-28(15-17)19-11-5-4-10-18(19)22;/h4-6,8,10-12,17H,7,9,13-15H2,1-3H3,(H2,23,24,26);1H. The summed E-state index contributed by atoms with van der Waals surface area (Å²) in [5.74, 6) is 1.74. The summed E-state index contributed by atoms with van der Waals surface area (Å²) in [5, 5.41) is 7.73. The predicted octanol–water partition coefficient (Wildman–Crippen LogP) is 3.75. The molecule has 8 heteroatoms. The molecule has 158 valence electrons. The van der Waals surface area contributed by atoms with Crippen molar-refractivity contribution < 1.29 is 0 Å². The van der Waals surface area contributed by atoms with Crippen LogP contribution in [0.25, 0.3) is 0 Å². The summed E-state index contributed by atoms with van der Waals surface area (Å²) in [6.07, 6.45) is 2.22. The maximum Gasteiger partial charge on any atom is 0.191 e. The van der Waals surface area contributed by atoms with Crippen LogP contribution in [-0.4, -0.2) is 51.2 Å². The summed E-state index contributed by atoms with van der Waals surface area (Å²) >= 11 is 6.38. The lowest BCUT2D eigenvalue weighted by Crippen LogP contribution is -2.51. The number of guanidine groups is 1. The largest absolute Gasteiger partial charge is 0.368 e. The molecular weight excluding hydrogens is 499 g/mol. The number of rotatable bonds is 5. The molecule has 1 fully saturated rings. The van der Waals surface area contributed by atoms with Gasteiger partial charge in [-0.1, -0.05) is 29.8 Å². The summed E-state index contributed by atoms with van der Waals surface area (Å²) in [6.45, 7) is 2.55. The first-order valence-electron chi connectivity index (χ1n) is 9.66. The summed E-state index contributed by atoms with van der Waals surface area (Å²) in [6, 6.07) is 14.4. The lowest BCUT2D eigenvalue weighted by Gasteiger charge is -2.35. The molecule has 3 rings (SSSR count). The zero-order valence-corrected chi connectivity index (χ0v) is 20.3. The molecule has 1 aromatic heterocycles. The molecule has 1 aliphatic rings. The molecule has 0 bridgehead atoms. The van der Waals surface area contributed by atoms with Crippen LogP contribution < -0.4 is 20.4 Å². The monoisotopic (exact) mass is 528 g/mol. The number of benzene rings is 1. The van der Waals surface area contributed by atoms with Crippen molar-refractivity contribution in [3.05, 3.63) is 53.2 Å². The molecule has 0 saturated carbocycles. The molecule has 1 aromatic carbocycles. The van der Waals surface area contributed by atoms with Crippen molar-refractivity contribution in [3.8, 4) is 0 Å². The SMILES string of the molecule is CN=C(NCc1cccc(N(C)C)n1)NC1CCCN(c2ccccc2Cl)C1.I. The first-order valence-corrected chi connectivity index (χ1v) is 10.0. The van der Waals surface area contributed by atoms with Gasteiger partial charge in [0.05, 0.1) is 22.9 Å². The number of piperidine rings is 1. The first kappa shape index (κ1) is 23.5. The molecule has 2 aromatic rings. The Morgan fingerprint density at radius 3 is 2.76 bits per heavy atom. The van der Waals surface area contributed by atoms with E-state index in [0.29, 0.717) is 12.6 Å². The molecule has 1 unspecified atom stereocenters. The number of aromatic nitrogens is 1. The number of hydrogen-bond acceptors (Lipinski definition) is 4. The maximum atomic E-state index is 6.38. The predicted molar refractivity (Wildman–Crippen MR) is 134 cm³/mol. The highest BCUT2D eigenvalue weighted by molar-refractivity contribution is 14.0. The van der Waals surface area contributed by atoms with E-state index in [0.717, 1.165) is 54.1 Å². The van der Waals surface area contributed by atoms with Crippen LogP contribution in [-0.2, 0) is 6.54 Å². The number of anilines is 2. The fourth-order valence-corrected chi connectivity index (χ4v) is 3.65. The van der Waals surface area contributed by atoms with Gasteiger partial charge in [0.1, 0.15) is 5.82 Å². The van der Waals surface area contributed by atoms with Crippen LogP contribution in [0.15, 0.2) is 47.5 Å². The van der Waals surface area contributed by atoms with E-state index in [1.165, 1.54) is 0 Å². The summed E-state index contributed by atoms with van der Waals surface area (Å²) in [5.41, 5.74) is 2.08. The quantitative estimate of drug-likeness (QED) is 0.352. The van der Waals surface area contributed by atoms with Crippen molar-refractivity contribution in [1.82, 2.24) is 15.6 Å². The lowest BCUT2D eigenvalue weighted by molar-refractivity contribution is 0.468. The Morgan fingerprint density at radius 2 is 2.03 bits per heavy atom. The van der Waals surface area contributed by atoms with Crippen molar-refractivity contribution in [2.45, 2.75) is 25.4 Å². The van der Waals surface area contributed by atoms with Crippen molar-refractivity contribution in [1.29, 1.82) is 0 Å². The van der Waals surface area contributed by atoms with Gasteiger partial charge in [-0.05, 0) is 37.1 Å². The molecule has 0 amide bonds. The van der Waals surface area contributed by atoms with Gasteiger partial charge in [-0.2, -0.15) is 0 Å². The zero-order chi connectivity index (χ0) is 19.9. The highest BCUT2D eigenvalue weighted by Gasteiger charge is 2.22. The molecule has 1 atom stereocenters. The van der Waals surface area contributed by atoms with Gasteiger partial charge < -0.3 is 20.4 Å². The number of halogens is 2. The van der Waals surface area contributed by atoms with Gasteiger partial charge in [0, 0.05) is 40.3 Å². The van der Waals surface area contributed by atoms with E-state index in [-0.39, 0.29) is 24.0 Å². The minimum absolute atomic E-state index is 0. The topological polar surface area (TPSA) is 55.8 Å². The molecule has 29 heavy (non-hydrogen) atoms. The summed E-state index contributed by atoms with van der Waals surface area (Å²) in [7, 11) is 5.79. The molecule has 0 spiro atoms. The van der Waals surface area contributed by atoms with Crippen molar-refractivity contribution in [3.63, 3.8) is 0 Å². The minimum atomic E-state index is 0. The average molecular weight is 529 g/mol. The highest BCUT2D eigenvalue weighted by Crippen LogP contribution is 2.27. The minimum Gasteiger partial charge on any atom is -0.368 e. The fourth-order valence-electron chi connectivity index (χ4n) is 3.40. The Balaban J connectivity index is 0.00000300. The van der Waals surface area contributed by atoms with Gasteiger partial charge >= 0.3 is 0 Å². The number of hydrogen-bond donors (Lipinski definition) is 2. The molecular formula is C21H30ClIN6. The van der Waals surface area contributed by atoms with E-state index in [1.54, 1.807) is 7.05 Å². The van der Waals surface area contributed by atoms with E-state index in [9.17, 15) is 0 Å². The third-order valence-electron chi connectivity index (χ3n) is 4.87. The van der Waals surface area contributed by atoms with Gasteiger partial charge in [-0.25, -0.2) is 4.98 Å². The van der Waals surface area contributed by atoms with Crippen LogP contribution in [0.3, 0.4) is 0 Å². The molecule has 1 saturated heterocycles. The second-order valence-electron chi connectivity index (χ2n) is 7.19. The number of aliphatic imine (C=N–C) groups is 1. The van der Waals surface area contributed by atoms with Gasteiger partial charge in [0.2, 0.25) is 0 Å². The van der Waals surface area contributed by atoms with Crippen LogP contribution in [0.4, 0.5) is 11.5 Å². The van der Waals surface area contributed by atoms with E-state index in [4.69, 9.17) is 11.6 Å². The molecule has 2 heterocycles. The Hall–Kier alpha value is -1.74. The first-order chi connectivity index (χ1) is 13.6. The molecule has 0 radical (unpaired) electrons. The molecule has 1 aliphatic heterocycles. The fraction of sp³-hybridized carbons (Fsp3) is 0.429.